The molecule has 18 heteroatoms. The summed E-state index contributed by atoms with van der Waals surface area (Å²) in [4.78, 5) is 53.9. The number of nitrogens with zero attached hydrogens (tertiary/aromatic N) is 2. The third-order valence-electron chi connectivity index (χ3n) is 7.11. The van der Waals surface area contributed by atoms with Gasteiger partial charge in [0.1, 0.15) is 14.7 Å². The Balaban J connectivity index is 0.00000442. The Morgan fingerprint density at radius 3 is 2.30 bits per heavy atom. The first-order valence-corrected chi connectivity index (χ1v) is 16.9. The quantitative estimate of drug-likeness (QED) is 0.104. The van der Waals surface area contributed by atoms with E-state index in [1.54, 1.807) is 12.1 Å². The van der Waals surface area contributed by atoms with E-state index in [1.807, 2.05) is 0 Å². The van der Waals surface area contributed by atoms with Gasteiger partial charge in [0.05, 0.1) is 10.4 Å². The Morgan fingerprint density at radius 2 is 1.64 bits per heavy atom. The Kier molecular flexibility index (Phi) is 10.4. The number of hydroxylamine groups is 2. The van der Waals surface area contributed by atoms with Crippen LogP contribution in [0.1, 0.15) is 50.5 Å². The van der Waals surface area contributed by atoms with Gasteiger partial charge >= 0.3 is 51.3 Å². The molecule has 1 aromatic carbocycles. The molecule has 2 aliphatic heterocycles. The number of aryl methyl sites for hydroxylation is 1. The van der Waals surface area contributed by atoms with E-state index in [0.717, 1.165) is 37.1 Å². The van der Waals surface area contributed by atoms with Crippen LogP contribution in [0.4, 0.5) is 5.69 Å². The first kappa shape index (κ1) is 34.2. The average molecular weight is 679 g/mol. The molecular formula is C26H27N2NaO12S3. The van der Waals surface area contributed by atoms with Crippen molar-refractivity contribution >= 4 is 95.6 Å². The van der Waals surface area contributed by atoms with Gasteiger partial charge in [-0.1, -0.05) is 6.42 Å². The van der Waals surface area contributed by atoms with Crippen LogP contribution in [0.2, 0.25) is 0 Å². The van der Waals surface area contributed by atoms with Crippen LogP contribution in [0.5, 0.6) is 0 Å². The summed E-state index contributed by atoms with van der Waals surface area (Å²) in [5, 5.41) is 0.982. The molecule has 44 heavy (non-hydrogen) atoms. The fraction of sp³-hybridized carbons (Fsp3) is 0.385. The molecule has 0 spiro atoms. The number of unbranched alkanes of at least 4 members (excludes halogenated alkanes) is 2. The molecular weight excluding hydrogens is 651 g/mol. The predicted octanol–water partition coefficient (Wildman–Crippen LogP) is 2.29. The molecule has 0 saturated carbocycles. The zero-order valence-corrected chi connectivity index (χ0v) is 24.9. The molecule has 3 aromatic rings. The first-order chi connectivity index (χ1) is 20.2. The number of benzene rings is 1. The van der Waals surface area contributed by atoms with Crippen molar-refractivity contribution in [1.82, 2.24) is 5.06 Å². The Hall–Kier alpha value is -2.64. The van der Waals surface area contributed by atoms with Crippen LogP contribution >= 0.6 is 11.3 Å². The van der Waals surface area contributed by atoms with Gasteiger partial charge in [0, 0.05) is 49.5 Å². The van der Waals surface area contributed by atoms with Gasteiger partial charge < -0.3 is 14.2 Å². The molecule has 2 amide bonds. The number of rotatable bonds is 10. The summed E-state index contributed by atoms with van der Waals surface area (Å²) in [6.45, 7) is 1.39. The number of amides is 2. The minimum absolute atomic E-state index is 0. The van der Waals surface area contributed by atoms with E-state index in [2.05, 4.69) is 4.90 Å². The van der Waals surface area contributed by atoms with Crippen molar-refractivity contribution in [2.24, 2.45) is 0 Å². The molecule has 0 bridgehead atoms. The number of carbonyl (C=O) groups is 3. The number of carbonyl (C=O) groups excluding carboxylic acids is 3. The van der Waals surface area contributed by atoms with Crippen molar-refractivity contribution in [3.63, 3.8) is 0 Å². The maximum atomic E-state index is 12.9. The van der Waals surface area contributed by atoms with Crippen LogP contribution in [-0.4, -0.2) is 91.4 Å². The third kappa shape index (κ3) is 7.42. The fourth-order valence-electron chi connectivity index (χ4n) is 5.08. The van der Waals surface area contributed by atoms with Crippen LogP contribution in [0, 0.1) is 0 Å². The summed E-state index contributed by atoms with van der Waals surface area (Å²) >= 11 is 0.314. The maximum absolute atomic E-state index is 12.9. The van der Waals surface area contributed by atoms with E-state index in [-0.39, 0.29) is 64.8 Å². The molecule has 0 aliphatic carbocycles. The minimum atomic E-state index is -4.95. The van der Waals surface area contributed by atoms with Crippen molar-refractivity contribution in [1.29, 1.82) is 0 Å². The fourth-order valence-corrected chi connectivity index (χ4v) is 8.01. The van der Waals surface area contributed by atoms with Crippen molar-refractivity contribution in [2.45, 2.75) is 60.5 Å². The second kappa shape index (κ2) is 13.4. The van der Waals surface area contributed by atoms with Crippen molar-refractivity contribution in [3.8, 4) is 10.4 Å². The topological polar surface area (TPSA) is 206 Å². The molecule has 2 aromatic heterocycles. The standard InChI is InChI=1S/C26H26N2O12S3.Na.H/c29-21-7-8-22(30)28(21)40-23(31)6-2-1-3-9-27-10-4-5-15-11-16-12-17(26(32)39-19(16)13-18(15)27)25-20(42(33,34)35)14-24(41-25)43(36,37)38;;/h11-14H,1-10H2,(H,33,34,35)(H,36,37,38);;. The van der Waals surface area contributed by atoms with Gasteiger partial charge in [-0.3, -0.25) is 18.7 Å². The van der Waals surface area contributed by atoms with E-state index in [0.29, 0.717) is 47.2 Å². The number of hydrogen-bond acceptors (Lipinski definition) is 12. The summed E-state index contributed by atoms with van der Waals surface area (Å²) in [7, 11) is -9.76. The molecule has 0 unspecified atom stereocenters. The van der Waals surface area contributed by atoms with Gasteiger partial charge in [-0.2, -0.15) is 16.8 Å². The van der Waals surface area contributed by atoms with Crippen LogP contribution in [-0.2, 0) is 45.9 Å². The third-order valence-corrected chi connectivity index (χ3v) is 10.6. The molecule has 14 nitrogen and oxygen atoms in total. The Bertz CT molecular complexity index is 1900. The summed E-state index contributed by atoms with van der Waals surface area (Å²) < 4.78 is 70.8. The van der Waals surface area contributed by atoms with Gasteiger partial charge in [0.2, 0.25) is 0 Å². The van der Waals surface area contributed by atoms with E-state index in [4.69, 9.17) is 9.25 Å². The van der Waals surface area contributed by atoms with Gasteiger partial charge in [-0.05, 0) is 49.4 Å². The molecule has 232 valence electrons. The van der Waals surface area contributed by atoms with E-state index in [9.17, 15) is 45.1 Å². The van der Waals surface area contributed by atoms with Crippen molar-refractivity contribution in [2.75, 3.05) is 18.0 Å². The van der Waals surface area contributed by atoms with Gasteiger partial charge in [0.15, 0.2) is 0 Å². The second-order valence-electron chi connectivity index (χ2n) is 10.1. The van der Waals surface area contributed by atoms with Crippen LogP contribution < -0.4 is 10.5 Å². The summed E-state index contributed by atoms with van der Waals surface area (Å²) in [6, 6.07) is 5.44. The Morgan fingerprint density at radius 1 is 0.932 bits per heavy atom. The SMILES string of the molecule is O=C(CCCCCN1CCCc2cc3cc(-c4sc(S(=O)(=O)O)cc4S(=O)(=O)O)c(=O)oc3cc21)ON1C(=O)CCC1=O.[NaH]. The Labute approximate surface area is 277 Å². The summed E-state index contributed by atoms with van der Waals surface area (Å²) in [5.41, 5.74) is 0.760. The molecule has 1 saturated heterocycles. The van der Waals surface area contributed by atoms with Crippen LogP contribution in [0.15, 0.2) is 42.6 Å². The summed E-state index contributed by atoms with van der Waals surface area (Å²) in [6.07, 6.45) is 3.58. The molecule has 1 fully saturated rings. The monoisotopic (exact) mass is 678 g/mol. The molecule has 0 radical (unpaired) electrons. The van der Waals surface area contributed by atoms with E-state index < -0.39 is 52.8 Å². The van der Waals surface area contributed by atoms with Crippen molar-refractivity contribution in [3.05, 3.63) is 40.2 Å². The van der Waals surface area contributed by atoms with Crippen molar-refractivity contribution < 1.29 is 49.6 Å². The zero-order valence-electron chi connectivity index (χ0n) is 22.5. The normalized spacial score (nSPS) is 15.4. The molecule has 0 atom stereocenters. The zero-order chi connectivity index (χ0) is 31.1. The van der Waals surface area contributed by atoms with Gasteiger partial charge in [0.25, 0.3) is 21.9 Å². The summed E-state index contributed by atoms with van der Waals surface area (Å²) in [5.74, 6) is -1.70. The number of imide groups is 1. The average Bonchev–Trinajstić information content (AvgIpc) is 3.52. The first-order valence-electron chi connectivity index (χ1n) is 13.2. The van der Waals surface area contributed by atoms with E-state index >= 15 is 0 Å². The number of fused-ring (bicyclic) bond motifs is 2. The predicted molar refractivity (Wildman–Crippen MR) is 159 cm³/mol. The van der Waals surface area contributed by atoms with Crippen LogP contribution in [0.3, 0.4) is 0 Å². The van der Waals surface area contributed by atoms with Crippen LogP contribution in [0.25, 0.3) is 21.4 Å². The number of hydrogen-bond donors (Lipinski definition) is 2. The van der Waals surface area contributed by atoms with Gasteiger partial charge in [-0.15, -0.1) is 16.4 Å². The van der Waals surface area contributed by atoms with Gasteiger partial charge in [-0.25, -0.2) is 9.59 Å². The number of thiophene rings is 1. The molecule has 2 N–H and O–H groups in total. The second-order valence-corrected chi connectivity index (χ2v) is 14.2. The number of anilines is 1. The molecule has 2 aliphatic rings. The molecule has 5 rings (SSSR count). The van der Waals surface area contributed by atoms with E-state index in [1.165, 1.54) is 6.07 Å². The molecule has 4 heterocycles.